The number of allylic oxidation sites excluding steroid dienone is 1. The van der Waals surface area contributed by atoms with Gasteiger partial charge in [-0.05, 0) is 97.8 Å². The number of ketones is 1. The minimum Gasteiger partial charge on any atom is -0.362 e. The highest BCUT2D eigenvalue weighted by Crippen LogP contribution is 2.66. The van der Waals surface area contributed by atoms with Crippen molar-refractivity contribution in [3.63, 3.8) is 0 Å². The van der Waals surface area contributed by atoms with E-state index in [0.717, 1.165) is 41.9 Å². The topological polar surface area (TPSA) is 32.9 Å². The van der Waals surface area contributed by atoms with E-state index in [-0.39, 0.29) is 5.41 Å². The van der Waals surface area contributed by atoms with Gasteiger partial charge >= 0.3 is 0 Å². The SMILES string of the molecule is C[C@]12CCCC[C@@H]1CC[C@H]1[C@H]3C/C(=C\c4ccc[nH]4)C(=O)[C@]3(C)CC[C@@H]12. The van der Waals surface area contributed by atoms with Gasteiger partial charge in [-0.15, -0.1) is 0 Å². The zero-order valence-electron chi connectivity index (χ0n) is 16.4. The molecule has 1 N–H and O–H groups in total. The Hall–Kier alpha value is -1.31. The molecule has 4 aliphatic carbocycles. The molecule has 5 rings (SSSR count). The molecular formula is C24H33NO. The van der Waals surface area contributed by atoms with Crippen molar-refractivity contribution in [1.82, 2.24) is 4.98 Å². The van der Waals surface area contributed by atoms with E-state index in [2.05, 4.69) is 31.0 Å². The summed E-state index contributed by atoms with van der Waals surface area (Å²) in [7, 11) is 0. The molecule has 2 nitrogen and oxygen atoms in total. The van der Waals surface area contributed by atoms with Gasteiger partial charge in [-0.25, -0.2) is 0 Å². The molecule has 0 bridgehead atoms. The highest BCUT2D eigenvalue weighted by atomic mass is 16.1. The standard InChI is InChI=1S/C24H33NO/c1-23-11-4-3-6-17(23)8-9-19-20(23)10-12-24(2)21(19)15-16(22(24)26)14-18-7-5-13-25-18/h5,7,13-14,17,19-21,25H,3-4,6,8-12,15H2,1-2H3/b16-14+/t17-,19-,20+,21-,23+,24-/m1/s1. The van der Waals surface area contributed by atoms with E-state index in [9.17, 15) is 4.79 Å². The fraction of sp³-hybridized carbons (Fsp3) is 0.708. The number of hydrogen-bond donors (Lipinski definition) is 1. The van der Waals surface area contributed by atoms with E-state index >= 15 is 0 Å². The molecule has 1 aromatic heterocycles. The summed E-state index contributed by atoms with van der Waals surface area (Å²) in [6.07, 6.45) is 16.0. The van der Waals surface area contributed by atoms with E-state index in [1.54, 1.807) is 0 Å². The molecule has 4 fully saturated rings. The van der Waals surface area contributed by atoms with Crippen LogP contribution in [0.3, 0.4) is 0 Å². The number of carbonyl (C=O) groups excluding carboxylic acids is 1. The van der Waals surface area contributed by atoms with Crippen LogP contribution in [-0.2, 0) is 4.79 Å². The lowest BCUT2D eigenvalue weighted by atomic mass is 9.45. The maximum atomic E-state index is 13.3. The molecule has 140 valence electrons. The smallest absolute Gasteiger partial charge is 0.165 e. The average Bonchev–Trinajstić information content (AvgIpc) is 3.23. The molecule has 0 unspecified atom stereocenters. The van der Waals surface area contributed by atoms with Gasteiger partial charge in [0.25, 0.3) is 0 Å². The van der Waals surface area contributed by atoms with Crippen molar-refractivity contribution in [3.05, 3.63) is 29.6 Å². The van der Waals surface area contributed by atoms with Gasteiger partial charge in [0.15, 0.2) is 5.78 Å². The second kappa shape index (κ2) is 5.84. The minimum absolute atomic E-state index is 0.0997. The van der Waals surface area contributed by atoms with Crippen LogP contribution in [0.4, 0.5) is 0 Å². The van der Waals surface area contributed by atoms with Gasteiger partial charge in [-0.2, -0.15) is 0 Å². The van der Waals surface area contributed by atoms with Crippen LogP contribution in [0, 0.1) is 34.5 Å². The van der Waals surface area contributed by atoms with Gasteiger partial charge in [0, 0.05) is 17.3 Å². The first kappa shape index (κ1) is 16.8. The number of nitrogens with one attached hydrogen (secondary N) is 1. The summed E-state index contributed by atoms with van der Waals surface area (Å²) in [6, 6.07) is 4.09. The third kappa shape index (κ3) is 2.26. The molecular weight excluding hydrogens is 318 g/mol. The van der Waals surface area contributed by atoms with Crippen LogP contribution in [0.25, 0.3) is 6.08 Å². The number of H-pyrrole nitrogens is 1. The highest BCUT2D eigenvalue weighted by molar-refractivity contribution is 6.05. The van der Waals surface area contributed by atoms with Gasteiger partial charge in [-0.1, -0.05) is 26.7 Å². The number of hydrogen-bond acceptors (Lipinski definition) is 1. The molecule has 26 heavy (non-hydrogen) atoms. The zero-order valence-corrected chi connectivity index (χ0v) is 16.4. The Morgan fingerprint density at radius 1 is 1.08 bits per heavy atom. The van der Waals surface area contributed by atoms with Gasteiger partial charge in [0.2, 0.25) is 0 Å². The summed E-state index contributed by atoms with van der Waals surface area (Å²) in [5.74, 6) is 3.61. The van der Waals surface area contributed by atoms with Crippen LogP contribution >= 0.6 is 0 Å². The lowest BCUT2D eigenvalue weighted by molar-refractivity contribution is -0.137. The van der Waals surface area contributed by atoms with Crippen LogP contribution in [0.2, 0.25) is 0 Å². The maximum absolute atomic E-state index is 13.3. The third-order valence-corrected chi connectivity index (χ3v) is 9.17. The molecule has 0 saturated heterocycles. The predicted molar refractivity (Wildman–Crippen MR) is 106 cm³/mol. The molecule has 0 aliphatic heterocycles. The quantitative estimate of drug-likeness (QED) is 0.617. The second-order valence-corrected chi connectivity index (χ2v) is 10.2. The number of aromatic amines is 1. The van der Waals surface area contributed by atoms with E-state index in [4.69, 9.17) is 0 Å². The van der Waals surface area contributed by atoms with Crippen molar-refractivity contribution < 1.29 is 4.79 Å². The molecule has 2 heteroatoms. The van der Waals surface area contributed by atoms with Crippen LogP contribution in [0.15, 0.2) is 23.9 Å². The van der Waals surface area contributed by atoms with Gasteiger partial charge in [-0.3, -0.25) is 4.79 Å². The van der Waals surface area contributed by atoms with E-state index in [0.29, 0.717) is 17.1 Å². The summed E-state index contributed by atoms with van der Waals surface area (Å²) in [5.41, 5.74) is 2.61. The molecule has 1 heterocycles. The fourth-order valence-corrected chi connectivity index (χ4v) is 7.72. The summed E-state index contributed by atoms with van der Waals surface area (Å²) in [6.45, 7) is 4.91. The first-order valence-electron chi connectivity index (χ1n) is 10.9. The summed E-state index contributed by atoms with van der Waals surface area (Å²) in [4.78, 5) is 16.6. The van der Waals surface area contributed by atoms with Gasteiger partial charge < -0.3 is 4.98 Å². The Morgan fingerprint density at radius 2 is 1.96 bits per heavy atom. The monoisotopic (exact) mass is 351 g/mol. The van der Waals surface area contributed by atoms with Crippen LogP contribution in [-0.4, -0.2) is 10.8 Å². The molecule has 0 spiro atoms. The first-order chi connectivity index (χ1) is 12.5. The Kier molecular flexibility index (Phi) is 3.78. The molecule has 0 aromatic carbocycles. The van der Waals surface area contributed by atoms with Crippen molar-refractivity contribution in [1.29, 1.82) is 0 Å². The van der Waals surface area contributed by atoms with E-state index < -0.39 is 0 Å². The van der Waals surface area contributed by atoms with Crippen molar-refractivity contribution in [3.8, 4) is 0 Å². The molecule has 6 atom stereocenters. The number of aromatic nitrogens is 1. The third-order valence-electron chi connectivity index (χ3n) is 9.17. The fourth-order valence-electron chi connectivity index (χ4n) is 7.72. The minimum atomic E-state index is -0.0997. The summed E-state index contributed by atoms with van der Waals surface area (Å²) in [5, 5.41) is 0. The van der Waals surface area contributed by atoms with E-state index in [1.807, 2.05) is 12.3 Å². The zero-order chi connectivity index (χ0) is 17.9. The van der Waals surface area contributed by atoms with Crippen LogP contribution in [0.1, 0.15) is 77.3 Å². The lowest BCUT2D eigenvalue weighted by Gasteiger charge is -2.59. The summed E-state index contributed by atoms with van der Waals surface area (Å²) >= 11 is 0. The number of Topliss-reactive ketones (excluding diaryl/α,β-unsaturated/α-hetero) is 1. The van der Waals surface area contributed by atoms with Crippen molar-refractivity contribution in [2.45, 2.75) is 71.6 Å². The average molecular weight is 352 g/mol. The van der Waals surface area contributed by atoms with Crippen LogP contribution < -0.4 is 0 Å². The highest BCUT2D eigenvalue weighted by Gasteiger charge is 2.60. The number of fused-ring (bicyclic) bond motifs is 5. The van der Waals surface area contributed by atoms with Crippen molar-refractivity contribution in [2.75, 3.05) is 0 Å². The molecule has 0 amide bonds. The van der Waals surface area contributed by atoms with Crippen molar-refractivity contribution >= 4 is 11.9 Å². The Labute approximate surface area is 157 Å². The lowest BCUT2D eigenvalue weighted by Crippen LogP contribution is -2.52. The van der Waals surface area contributed by atoms with E-state index in [1.165, 1.54) is 44.9 Å². The summed E-state index contributed by atoms with van der Waals surface area (Å²) < 4.78 is 0. The van der Waals surface area contributed by atoms with Crippen molar-refractivity contribution in [2.24, 2.45) is 34.5 Å². The van der Waals surface area contributed by atoms with Gasteiger partial charge in [0.1, 0.15) is 0 Å². The van der Waals surface area contributed by atoms with Gasteiger partial charge in [0.05, 0.1) is 0 Å². The predicted octanol–water partition coefficient (Wildman–Crippen LogP) is 6.01. The molecule has 4 aliphatic rings. The van der Waals surface area contributed by atoms with Crippen LogP contribution in [0.5, 0.6) is 0 Å². The molecule has 0 radical (unpaired) electrons. The largest absolute Gasteiger partial charge is 0.362 e. The Morgan fingerprint density at radius 3 is 2.77 bits per heavy atom. The Bertz CT molecular complexity index is 731. The molecule has 1 aromatic rings. The normalized spacial score (nSPS) is 46.7. The second-order valence-electron chi connectivity index (χ2n) is 10.2. The molecule has 4 saturated carbocycles. The maximum Gasteiger partial charge on any atom is 0.165 e. The first-order valence-corrected chi connectivity index (χ1v) is 10.9. The number of rotatable bonds is 1. The Balaban J connectivity index is 1.47. The number of carbonyl (C=O) groups is 1.